The van der Waals surface area contributed by atoms with E-state index in [1.165, 1.54) is 51.1 Å². The van der Waals surface area contributed by atoms with Crippen molar-refractivity contribution >= 4 is 17.8 Å². The van der Waals surface area contributed by atoms with E-state index in [0.717, 1.165) is 18.7 Å². The first-order valence-electron chi connectivity index (χ1n) is 8.12. The summed E-state index contributed by atoms with van der Waals surface area (Å²) < 4.78 is 0. The molecule has 2 aliphatic heterocycles. The first-order chi connectivity index (χ1) is 9.78. The average Bonchev–Trinajstić information content (AvgIpc) is 2.48. The summed E-state index contributed by atoms with van der Waals surface area (Å²) in [6.07, 6.45) is 6.05. The number of nitrogens with one attached hydrogen (secondary N) is 2. The van der Waals surface area contributed by atoms with E-state index in [-0.39, 0.29) is 6.03 Å². The molecule has 4 nitrogen and oxygen atoms in total. The van der Waals surface area contributed by atoms with Crippen LogP contribution in [0.25, 0.3) is 0 Å². The number of amides is 2. The number of likely N-dealkylation sites (tertiary alicyclic amines) is 1. The third kappa shape index (κ3) is 5.52. The Kier molecular flexibility index (Phi) is 7.00. The van der Waals surface area contributed by atoms with Crippen LogP contribution in [0.15, 0.2) is 0 Å². The maximum Gasteiger partial charge on any atom is 0.315 e. The van der Waals surface area contributed by atoms with Gasteiger partial charge in [-0.1, -0.05) is 6.92 Å². The van der Waals surface area contributed by atoms with Crippen molar-refractivity contribution in [3.05, 3.63) is 0 Å². The van der Waals surface area contributed by atoms with Crippen LogP contribution < -0.4 is 10.6 Å². The van der Waals surface area contributed by atoms with E-state index in [4.69, 9.17) is 0 Å². The summed E-state index contributed by atoms with van der Waals surface area (Å²) >= 11 is 1.95. The Morgan fingerprint density at radius 1 is 1.30 bits per heavy atom. The normalized spacial score (nSPS) is 25.4. The van der Waals surface area contributed by atoms with Crippen LogP contribution in [0.2, 0.25) is 0 Å². The van der Waals surface area contributed by atoms with Crippen molar-refractivity contribution in [2.75, 3.05) is 37.7 Å². The highest BCUT2D eigenvalue weighted by molar-refractivity contribution is 7.99. The zero-order valence-corrected chi connectivity index (χ0v) is 13.5. The van der Waals surface area contributed by atoms with Crippen molar-refractivity contribution in [1.82, 2.24) is 15.5 Å². The third-order valence-corrected chi connectivity index (χ3v) is 5.51. The predicted molar refractivity (Wildman–Crippen MR) is 86.3 cm³/mol. The van der Waals surface area contributed by atoms with Crippen molar-refractivity contribution in [1.29, 1.82) is 0 Å². The minimum atomic E-state index is 0.0356. The second-order valence-electron chi connectivity index (χ2n) is 6.05. The molecular weight excluding hydrogens is 270 g/mol. The van der Waals surface area contributed by atoms with Gasteiger partial charge < -0.3 is 15.5 Å². The molecule has 0 aromatic rings. The molecule has 1 atom stereocenters. The Morgan fingerprint density at radius 2 is 2.10 bits per heavy atom. The molecule has 5 heteroatoms. The number of nitrogens with zero attached hydrogens (tertiary/aromatic N) is 1. The van der Waals surface area contributed by atoms with E-state index in [2.05, 4.69) is 22.5 Å². The molecule has 2 aliphatic rings. The molecule has 0 aliphatic carbocycles. The zero-order valence-electron chi connectivity index (χ0n) is 12.7. The molecule has 2 saturated heterocycles. The van der Waals surface area contributed by atoms with E-state index in [9.17, 15) is 4.79 Å². The van der Waals surface area contributed by atoms with Crippen LogP contribution in [0, 0.1) is 5.92 Å². The molecule has 116 valence electrons. The molecule has 2 N–H and O–H groups in total. The van der Waals surface area contributed by atoms with E-state index in [1.807, 2.05) is 11.8 Å². The highest BCUT2D eigenvalue weighted by Gasteiger charge is 2.20. The number of hydrogen-bond donors (Lipinski definition) is 2. The van der Waals surface area contributed by atoms with Gasteiger partial charge in [-0.3, -0.25) is 0 Å². The summed E-state index contributed by atoms with van der Waals surface area (Å²) in [5.74, 6) is 2.98. The molecule has 2 amide bonds. The molecule has 2 fully saturated rings. The molecule has 0 radical (unpaired) electrons. The van der Waals surface area contributed by atoms with E-state index in [0.29, 0.717) is 12.0 Å². The van der Waals surface area contributed by atoms with Crippen molar-refractivity contribution in [3.63, 3.8) is 0 Å². The van der Waals surface area contributed by atoms with Crippen molar-refractivity contribution in [3.8, 4) is 0 Å². The Hall–Kier alpha value is -0.420. The van der Waals surface area contributed by atoms with Crippen LogP contribution in [0.5, 0.6) is 0 Å². The van der Waals surface area contributed by atoms with Gasteiger partial charge in [0.25, 0.3) is 0 Å². The monoisotopic (exact) mass is 299 g/mol. The lowest BCUT2D eigenvalue weighted by molar-refractivity contribution is 0.181. The molecule has 0 spiro atoms. The quantitative estimate of drug-likeness (QED) is 0.819. The zero-order chi connectivity index (χ0) is 14.2. The van der Waals surface area contributed by atoms with Crippen LogP contribution in [0.4, 0.5) is 4.79 Å². The molecular formula is C15H29N3OS. The fraction of sp³-hybridized carbons (Fsp3) is 0.933. The second-order valence-corrected chi connectivity index (χ2v) is 7.20. The van der Waals surface area contributed by atoms with Crippen LogP contribution in [-0.4, -0.2) is 54.7 Å². The van der Waals surface area contributed by atoms with Gasteiger partial charge in [-0.25, -0.2) is 4.79 Å². The summed E-state index contributed by atoms with van der Waals surface area (Å²) in [6, 6.07) is 0.411. The third-order valence-electron chi connectivity index (χ3n) is 4.29. The minimum Gasteiger partial charge on any atom is -0.338 e. The van der Waals surface area contributed by atoms with Gasteiger partial charge in [0.05, 0.1) is 0 Å². The fourth-order valence-corrected chi connectivity index (χ4v) is 4.13. The van der Waals surface area contributed by atoms with Crippen molar-refractivity contribution < 1.29 is 4.79 Å². The molecule has 0 unspecified atom stereocenters. The maximum atomic E-state index is 11.9. The summed E-state index contributed by atoms with van der Waals surface area (Å²) in [6.45, 7) is 6.69. The van der Waals surface area contributed by atoms with Gasteiger partial charge >= 0.3 is 6.03 Å². The minimum absolute atomic E-state index is 0.0356. The largest absolute Gasteiger partial charge is 0.338 e. The van der Waals surface area contributed by atoms with Crippen LogP contribution in [0.3, 0.4) is 0 Å². The SMILES string of the molecule is CCCN1CCC(CNC(=O)N[C@H]2CCCSC2)CC1. The van der Waals surface area contributed by atoms with Crippen molar-refractivity contribution in [2.45, 2.75) is 45.1 Å². The molecule has 0 aromatic carbocycles. The van der Waals surface area contributed by atoms with Crippen molar-refractivity contribution in [2.24, 2.45) is 5.92 Å². The number of piperidine rings is 1. The number of carbonyl (C=O) groups is 1. The summed E-state index contributed by atoms with van der Waals surface area (Å²) in [7, 11) is 0. The Morgan fingerprint density at radius 3 is 2.75 bits per heavy atom. The lowest BCUT2D eigenvalue weighted by atomic mass is 9.97. The summed E-state index contributed by atoms with van der Waals surface area (Å²) in [5.41, 5.74) is 0. The lowest BCUT2D eigenvalue weighted by Gasteiger charge is -2.32. The molecule has 20 heavy (non-hydrogen) atoms. The Balaban J connectivity index is 1.57. The molecule has 0 bridgehead atoms. The maximum absolute atomic E-state index is 11.9. The number of carbonyl (C=O) groups excluding carboxylic acids is 1. The van der Waals surface area contributed by atoms with Gasteiger partial charge in [-0.2, -0.15) is 11.8 Å². The smallest absolute Gasteiger partial charge is 0.315 e. The number of hydrogen-bond acceptors (Lipinski definition) is 3. The summed E-state index contributed by atoms with van der Waals surface area (Å²) in [4.78, 5) is 14.4. The lowest BCUT2D eigenvalue weighted by Crippen LogP contribution is -2.46. The highest BCUT2D eigenvalue weighted by atomic mass is 32.2. The van der Waals surface area contributed by atoms with Crippen LogP contribution in [-0.2, 0) is 0 Å². The number of rotatable bonds is 5. The van der Waals surface area contributed by atoms with Crippen LogP contribution in [0.1, 0.15) is 39.0 Å². The number of urea groups is 1. The fourth-order valence-electron chi connectivity index (χ4n) is 3.06. The topological polar surface area (TPSA) is 44.4 Å². The molecule has 2 heterocycles. The summed E-state index contributed by atoms with van der Waals surface area (Å²) in [5, 5.41) is 6.17. The van der Waals surface area contributed by atoms with Gasteiger partial charge in [0, 0.05) is 18.3 Å². The molecule has 0 saturated carbocycles. The van der Waals surface area contributed by atoms with Crippen LogP contribution >= 0.6 is 11.8 Å². The van der Waals surface area contributed by atoms with Gasteiger partial charge in [-0.05, 0) is 63.4 Å². The highest BCUT2D eigenvalue weighted by Crippen LogP contribution is 2.17. The standard InChI is InChI=1S/C15H29N3OS/c1-2-7-18-8-5-13(6-9-18)11-16-15(19)17-14-4-3-10-20-12-14/h13-14H,2-12H2,1H3,(H2,16,17,19)/t14-/m0/s1. The van der Waals surface area contributed by atoms with Gasteiger partial charge in [0.15, 0.2) is 0 Å². The first-order valence-corrected chi connectivity index (χ1v) is 9.28. The second kappa shape index (κ2) is 8.78. The van der Waals surface area contributed by atoms with Gasteiger partial charge in [-0.15, -0.1) is 0 Å². The predicted octanol–water partition coefficient (Wildman–Crippen LogP) is 2.30. The number of thioether (sulfide) groups is 1. The average molecular weight is 299 g/mol. The molecule has 0 aromatic heterocycles. The Labute approximate surface area is 127 Å². The van der Waals surface area contributed by atoms with Gasteiger partial charge in [0.2, 0.25) is 0 Å². The van der Waals surface area contributed by atoms with E-state index in [1.54, 1.807) is 0 Å². The first kappa shape index (κ1) is 16.0. The molecule has 2 rings (SSSR count). The van der Waals surface area contributed by atoms with Gasteiger partial charge in [0.1, 0.15) is 0 Å². The van der Waals surface area contributed by atoms with E-state index >= 15 is 0 Å². The van der Waals surface area contributed by atoms with E-state index < -0.39 is 0 Å². The Bertz CT molecular complexity index is 287.